The Morgan fingerprint density at radius 3 is 1.85 bits per heavy atom. The fourth-order valence-corrected chi connectivity index (χ4v) is 6.89. The Kier molecular flexibility index (Phi) is 10.3. The molecule has 4 aliphatic rings. The Bertz CT molecular complexity index is 1550. The number of carbonyl (C=O) groups excluding carboxylic acids is 2. The predicted octanol–water partition coefficient (Wildman–Crippen LogP) is 7.12. The maximum absolute atomic E-state index is 12.8. The quantitative estimate of drug-likeness (QED) is 0.0732. The molecule has 2 saturated heterocycles. The number of unbranched alkanes of at least 4 members (excludes halogenated alkanes) is 1. The molecule has 254 valence electrons. The molecule has 2 aliphatic heterocycles. The van der Waals surface area contributed by atoms with Gasteiger partial charge in [0.2, 0.25) is 0 Å². The van der Waals surface area contributed by atoms with Crippen molar-refractivity contribution in [3.8, 4) is 23.0 Å². The Labute approximate surface area is 281 Å². The van der Waals surface area contributed by atoms with Gasteiger partial charge in [-0.15, -0.1) is 0 Å². The van der Waals surface area contributed by atoms with E-state index in [1.807, 2.05) is 0 Å². The van der Waals surface area contributed by atoms with E-state index in [0.29, 0.717) is 89.2 Å². The molecule has 0 radical (unpaired) electrons. The van der Waals surface area contributed by atoms with Crippen LogP contribution >= 0.6 is 0 Å². The van der Waals surface area contributed by atoms with E-state index in [1.165, 1.54) is 25.7 Å². The van der Waals surface area contributed by atoms with Crippen LogP contribution in [0.25, 0.3) is 0 Å². The SMILES string of the molecule is Cc1cc(OC(=O)c2ccc(OCC3CCCC4OC34)cc2)ccc1OC(=O)c1ccc(OCCCCOCC2CCCC3OC23)cc1. The molecule has 2 heterocycles. The van der Waals surface area contributed by atoms with Crippen molar-refractivity contribution in [1.82, 2.24) is 0 Å². The number of rotatable bonds is 15. The third-order valence-corrected chi connectivity index (χ3v) is 9.79. The highest BCUT2D eigenvalue weighted by Crippen LogP contribution is 2.41. The fraction of sp³-hybridized carbons (Fsp3) is 0.487. The van der Waals surface area contributed by atoms with Crippen molar-refractivity contribution in [2.45, 2.75) is 82.7 Å². The molecule has 0 spiro atoms. The molecule has 0 aromatic heterocycles. The summed E-state index contributed by atoms with van der Waals surface area (Å²) in [5.74, 6) is 2.19. The highest BCUT2D eigenvalue weighted by Gasteiger charge is 2.47. The number of carbonyl (C=O) groups is 2. The van der Waals surface area contributed by atoms with E-state index >= 15 is 0 Å². The summed E-state index contributed by atoms with van der Waals surface area (Å²) in [4.78, 5) is 25.6. The monoisotopic (exact) mass is 656 g/mol. The summed E-state index contributed by atoms with van der Waals surface area (Å²) >= 11 is 0. The van der Waals surface area contributed by atoms with Crippen molar-refractivity contribution in [3.05, 3.63) is 83.4 Å². The first-order chi connectivity index (χ1) is 23.5. The van der Waals surface area contributed by atoms with Crippen LogP contribution in [0.3, 0.4) is 0 Å². The summed E-state index contributed by atoms with van der Waals surface area (Å²) in [5, 5.41) is 0. The average Bonchev–Trinajstić information content (AvgIpc) is 4.04. The van der Waals surface area contributed by atoms with Crippen LogP contribution < -0.4 is 18.9 Å². The summed E-state index contributed by atoms with van der Waals surface area (Å²) < 4.78 is 40.3. The van der Waals surface area contributed by atoms with E-state index < -0.39 is 11.9 Å². The van der Waals surface area contributed by atoms with E-state index in [9.17, 15) is 9.59 Å². The molecule has 4 fully saturated rings. The van der Waals surface area contributed by atoms with Crippen LogP contribution in [0, 0.1) is 18.8 Å². The first-order valence-electron chi connectivity index (χ1n) is 17.4. The first-order valence-corrected chi connectivity index (χ1v) is 17.4. The van der Waals surface area contributed by atoms with Crippen molar-refractivity contribution < 1.29 is 42.7 Å². The molecule has 0 N–H and O–H groups in total. The van der Waals surface area contributed by atoms with Crippen molar-refractivity contribution in [2.75, 3.05) is 26.4 Å². The maximum atomic E-state index is 12.8. The van der Waals surface area contributed by atoms with Crippen molar-refractivity contribution in [1.29, 1.82) is 0 Å². The zero-order chi connectivity index (χ0) is 32.9. The fourth-order valence-electron chi connectivity index (χ4n) is 6.89. The lowest BCUT2D eigenvalue weighted by molar-refractivity contribution is 0.0718. The van der Waals surface area contributed by atoms with E-state index in [4.69, 9.17) is 33.2 Å². The Morgan fingerprint density at radius 1 is 0.646 bits per heavy atom. The van der Waals surface area contributed by atoms with E-state index in [2.05, 4.69) is 0 Å². The van der Waals surface area contributed by atoms with Crippen LogP contribution in [0.1, 0.15) is 77.6 Å². The molecule has 9 heteroatoms. The molecule has 3 aromatic carbocycles. The molecule has 2 aliphatic carbocycles. The molecule has 9 nitrogen and oxygen atoms in total. The normalized spacial score (nSPS) is 25.3. The lowest BCUT2D eigenvalue weighted by atomic mass is 9.90. The van der Waals surface area contributed by atoms with Crippen molar-refractivity contribution in [3.63, 3.8) is 0 Å². The molecule has 3 aromatic rings. The molecule has 48 heavy (non-hydrogen) atoms. The van der Waals surface area contributed by atoms with Gasteiger partial charge < -0.3 is 33.2 Å². The summed E-state index contributed by atoms with van der Waals surface area (Å²) in [6.45, 7) is 4.52. The molecule has 7 rings (SSSR count). The lowest BCUT2D eigenvalue weighted by Gasteiger charge is -2.18. The topological polar surface area (TPSA) is 105 Å². The number of ether oxygens (including phenoxy) is 7. The smallest absolute Gasteiger partial charge is 0.343 e. The van der Waals surface area contributed by atoms with Gasteiger partial charge in [-0.25, -0.2) is 9.59 Å². The molecule has 0 bridgehead atoms. The van der Waals surface area contributed by atoms with Gasteiger partial charge in [0.1, 0.15) is 23.0 Å². The van der Waals surface area contributed by atoms with Crippen LogP contribution in [0.5, 0.6) is 23.0 Å². The van der Waals surface area contributed by atoms with Gasteiger partial charge in [-0.1, -0.05) is 12.8 Å². The summed E-state index contributed by atoms with van der Waals surface area (Å²) in [5.41, 5.74) is 1.48. The number of fused-ring (bicyclic) bond motifs is 2. The number of aryl methyl sites for hydroxylation is 1. The van der Waals surface area contributed by atoms with Crippen LogP contribution in [0.4, 0.5) is 0 Å². The third kappa shape index (κ3) is 8.38. The van der Waals surface area contributed by atoms with Gasteiger partial charge in [0.15, 0.2) is 0 Å². The molecular formula is C39H44O9. The molecule has 2 saturated carbocycles. The number of epoxide rings is 2. The van der Waals surface area contributed by atoms with Crippen molar-refractivity contribution >= 4 is 11.9 Å². The van der Waals surface area contributed by atoms with Gasteiger partial charge in [0.25, 0.3) is 0 Å². The number of hydrogen-bond donors (Lipinski definition) is 0. The average molecular weight is 657 g/mol. The minimum atomic E-state index is -0.484. The zero-order valence-corrected chi connectivity index (χ0v) is 27.5. The maximum Gasteiger partial charge on any atom is 0.343 e. The Balaban J connectivity index is 0.806. The molecular weight excluding hydrogens is 612 g/mol. The van der Waals surface area contributed by atoms with Gasteiger partial charge in [-0.05, 0) is 118 Å². The summed E-state index contributed by atoms with van der Waals surface area (Å²) in [7, 11) is 0. The number of esters is 2. The van der Waals surface area contributed by atoms with E-state index in [1.54, 1.807) is 73.7 Å². The second-order valence-electron chi connectivity index (χ2n) is 13.4. The number of hydrogen-bond acceptors (Lipinski definition) is 9. The van der Waals surface area contributed by atoms with Gasteiger partial charge in [0, 0.05) is 18.4 Å². The molecule has 6 atom stereocenters. The van der Waals surface area contributed by atoms with Gasteiger partial charge >= 0.3 is 11.9 Å². The largest absolute Gasteiger partial charge is 0.494 e. The standard InChI is InChI=1S/C39H44O9/c1-25-22-32(45-38(40)26-12-16-31(17-13-26)44-24-29-7-5-9-35-37(29)47-35)18-19-33(25)48-39(41)27-10-14-30(15-11-27)43-21-3-2-20-42-23-28-6-4-8-34-36(28)46-34/h10-19,22,28-29,34-37H,2-9,20-21,23-24H2,1H3. The second-order valence-corrected chi connectivity index (χ2v) is 13.4. The highest BCUT2D eigenvalue weighted by atomic mass is 16.6. The van der Waals surface area contributed by atoms with Gasteiger partial charge in [0.05, 0.1) is 55.4 Å². The summed E-state index contributed by atoms with van der Waals surface area (Å²) in [6, 6.07) is 18.8. The third-order valence-electron chi connectivity index (χ3n) is 9.79. The van der Waals surface area contributed by atoms with Crippen LogP contribution in [0.15, 0.2) is 66.7 Å². The summed E-state index contributed by atoms with van der Waals surface area (Å²) in [6.07, 6.45) is 10.7. The minimum Gasteiger partial charge on any atom is -0.494 e. The van der Waals surface area contributed by atoms with Gasteiger partial charge in [-0.3, -0.25) is 0 Å². The first kappa shape index (κ1) is 32.6. The van der Waals surface area contributed by atoms with Crippen LogP contribution in [-0.2, 0) is 14.2 Å². The minimum absolute atomic E-state index is 0.349. The molecule has 0 amide bonds. The predicted molar refractivity (Wildman–Crippen MR) is 177 cm³/mol. The lowest BCUT2D eigenvalue weighted by Crippen LogP contribution is -2.22. The van der Waals surface area contributed by atoms with Crippen LogP contribution in [-0.4, -0.2) is 62.8 Å². The molecule has 6 unspecified atom stereocenters. The Hall–Kier alpha value is -3.92. The van der Waals surface area contributed by atoms with E-state index in [-0.39, 0.29) is 0 Å². The number of benzene rings is 3. The second kappa shape index (κ2) is 15.1. The van der Waals surface area contributed by atoms with Crippen molar-refractivity contribution in [2.24, 2.45) is 11.8 Å². The van der Waals surface area contributed by atoms with Crippen LogP contribution in [0.2, 0.25) is 0 Å². The Morgan fingerprint density at radius 2 is 1.21 bits per heavy atom. The zero-order valence-electron chi connectivity index (χ0n) is 27.5. The van der Waals surface area contributed by atoms with E-state index in [0.717, 1.165) is 38.9 Å². The highest BCUT2D eigenvalue weighted by molar-refractivity contribution is 5.92. The van der Waals surface area contributed by atoms with Gasteiger partial charge in [-0.2, -0.15) is 0 Å².